The number of aromatic amines is 1. The Morgan fingerprint density at radius 2 is 2.38 bits per heavy atom. The van der Waals surface area contributed by atoms with Gasteiger partial charge in [-0.1, -0.05) is 11.6 Å². The molecule has 2 rings (SSSR count). The van der Waals surface area contributed by atoms with Gasteiger partial charge in [0.2, 0.25) is 5.16 Å². The molecule has 0 saturated heterocycles. The van der Waals surface area contributed by atoms with Crippen molar-refractivity contribution in [3.05, 3.63) is 28.7 Å². The van der Waals surface area contributed by atoms with Gasteiger partial charge in [-0.05, 0) is 24.8 Å². The Hall–Kier alpha value is -1.58. The van der Waals surface area contributed by atoms with Crippen molar-refractivity contribution in [2.45, 2.75) is 17.1 Å². The number of hydrogen-bond donors (Lipinski definition) is 1. The lowest BCUT2D eigenvalue weighted by molar-refractivity contribution is 0.964. The largest absolute Gasteiger partial charge is 0.262 e. The van der Waals surface area contributed by atoms with Gasteiger partial charge in [-0.25, -0.2) is 9.97 Å². The zero-order valence-corrected chi connectivity index (χ0v) is 9.80. The molecule has 16 heavy (non-hydrogen) atoms. The van der Waals surface area contributed by atoms with Crippen molar-refractivity contribution in [1.29, 1.82) is 5.26 Å². The smallest absolute Gasteiger partial charge is 0.214 e. The van der Waals surface area contributed by atoms with Crippen LogP contribution in [0.15, 0.2) is 22.4 Å². The lowest BCUT2D eigenvalue weighted by atomic mass is 10.3. The number of aromatic nitrogens is 4. The van der Waals surface area contributed by atoms with Gasteiger partial charge in [0.1, 0.15) is 16.9 Å². The summed E-state index contributed by atoms with van der Waals surface area (Å²) in [6.45, 7) is 1.80. The first-order valence-corrected chi connectivity index (χ1v) is 5.51. The molecule has 80 valence electrons. The Morgan fingerprint density at radius 1 is 1.56 bits per heavy atom. The summed E-state index contributed by atoms with van der Waals surface area (Å²) in [6, 6.07) is 3.56. The molecule has 0 aliphatic heterocycles. The van der Waals surface area contributed by atoms with Crippen LogP contribution in [0.1, 0.15) is 11.4 Å². The monoisotopic (exact) mass is 251 g/mol. The van der Waals surface area contributed by atoms with Gasteiger partial charge < -0.3 is 0 Å². The Balaban J connectivity index is 2.32. The number of pyridine rings is 1. The Labute approximate surface area is 101 Å². The highest BCUT2D eigenvalue weighted by molar-refractivity contribution is 7.99. The molecule has 1 N–H and O–H groups in total. The molecule has 0 saturated carbocycles. The molecule has 0 bridgehead atoms. The van der Waals surface area contributed by atoms with Gasteiger partial charge in [0.05, 0.1) is 10.6 Å². The maximum absolute atomic E-state index is 8.80. The van der Waals surface area contributed by atoms with E-state index in [1.807, 2.05) is 6.07 Å². The Kier molecular flexibility index (Phi) is 3.08. The molecule has 0 unspecified atom stereocenters. The number of halogens is 1. The molecule has 0 atom stereocenters. The van der Waals surface area contributed by atoms with Crippen LogP contribution in [0.3, 0.4) is 0 Å². The standard InChI is InChI=1S/C9H6ClN5S/c1-5-13-9(15-14-5)16-8-7(10)6(4-11)2-3-12-8/h2-3H,1H3,(H,13,14,15). The topological polar surface area (TPSA) is 78.2 Å². The molecular weight excluding hydrogens is 246 g/mol. The fraction of sp³-hybridized carbons (Fsp3) is 0.111. The van der Waals surface area contributed by atoms with Crippen molar-refractivity contribution < 1.29 is 0 Å². The van der Waals surface area contributed by atoms with Gasteiger partial charge >= 0.3 is 0 Å². The van der Waals surface area contributed by atoms with Crippen molar-refractivity contribution >= 4 is 23.4 Å². The van der Waals surface area contributed by atoms with Crippen molar-refractivity contribution in [3.63, 3.8) is 0 Å². The van der Waals surface area contributed by atoms with Crippen LogP contribution in [0.4, 0.5) is 0 Å². The van der Waals surface area contributed by atoms with E-state index in [9.17, 15) is 0 Å². The highest BCUT2D eigenvalue weighted by Crippen LogP contribution is 2.30. The van der Waals surface area contributed by atoms with Crippen molar-refractivity contribution in [1.82, 2.24) is 20.2 Å². The van der Waals surface area contributed by atoms with Gasteiger partial charge in [-0.2, -0.15) is 5.26 Å². The number of hydrogen-bond acceptors (Lipinski definition) is 5. The summed E-state index contributed by atoms with van der Waals surface area (Å²) in [5.41, 5.74) is 0.395. The van der Waals surface area contributed by atoms with Gasteiger partial charge in [0.25, 0.3) is 0 Å². The van der Waals surface area contributed by atoms with Gasteiger partial charge in [-0.3, -0.25) is 5.10 Å². The van der Waals surface area contributed by atoms with E-state index in [4.69, 9.17) is 16.9 Å². The summed E-state index contributed by atoms with van der Waals surface area (Å²) >= 11 is 7.21. The van der Waals surface area contributed by atoms with E-state index in [0.717, 1.165) is 5.82 Å². The number of nitriles is 1. The molecule has 0 fully saturated rings. The van der Waals surface area contributed by atoms with E-state index in [-0.39, 0.29) is 0 Å². The second-order valence-electron chi connectivity index (χ2n) is 2.89. The van der Waals surface area contributed by atoms with E-state index < -0.39 is 0 Å². The molecule has 7 heteroatoms. The summed E-state index contributed by atoms with van der Waals surface area (Å²) in [7, 11) is 0. The lowest BCUT2D eigenvalue weighted by Crippen LogP contribution is -1.86. The summed E-state index contributed by atoms with van der Waals surface area (Å²) in [4.78, 5) is 8.19. The summed E-state index contributed by atoms with van der Waals surface area (Å²) < 4.78 is 0. The van der Waals surface area contributed by atoms with Crippen LogP contribution in [0.2, 0.25) is 5.02 Å². The average Bonchev–Trinajstić information content (AvgIpc) is 2.67. The Morgan fingerprint density at radius 3 is 3.00 bits per heavy atom. The normalized spacial score (nSPS) is 10.1. The lowest BCUT2D eigenvalue weighted by Gasteiger charge is -2.00. The third-order valence-corrected chi connectivity index (χ3v) is 3.11. The molecule has 2 aromatic heterocycles. The third kappa shape index (κ3) is 2.15. The van der Waals surface area contributed by atoms with E-state index in [1.54, 1.807) is 13.0 Å². The first-order valence-electron chi connectivity index (χ1n) is 4.32. The minimum absolute atomic E-state index is 0.331. The molecule has 2 heterocycles. The fourth-order valence-corrected chi connectivity index (χ4v) is 2.07. The predicted molar refractivity (Wildman–Crippen MR) is 59.2 cm³/mol. The summed E-state index contributed by atoms with van der Waals surface area (Å²) in [6.07, 6.45) is 1.53. The van der Waals surface area contributed by atoms with E-state index >= 15 is 0 Å². The molecule has 0 spiro atoms. The maximum Gasteiger partial charge on any atom is 0.214 e. The highest BCUT2D eigenvalue weighted by atomic mass is 35.5. The van der Waals surface area contributed by atoms with Crippen LogP contribution in [-0.4, -0.2) is 20.2 Å². The molecular formula is C9H6ClN5S. The average molecular weight is 252 g/mol. The minimum atomic E-state index is 0.331. The minimum Gasteiger partial charge on any atom is -0.262 e. The molecule has 0 aliphatic carbocycles. The van der Waals surface area contributed by atoms with E-state index in [2.05, 4.69) is 20.2 Å². The van der Waals surface area contributed by atoms with Crippen LogP contribution in [-0.2, 0) is 0 Å². The van der Waals surface area contributed by atoms with Gasteiger partial charge in [-0.15, -0.1) is 5.10 Å². The molecule has 0 radical (unpaired) electrons. The third-order valence-electron chi connectivity index (χ3n) is 1.74. The quantitative estimate of drug-likeness (QED) is 0.885. The second-order valence-corrected chi connectivity index (χ2v) is 4.23. The number of nitrogens with one attached hydrogen (secondary N) is 1. The Bertz CT molecular complexity index is 559. The fourth-order valence-electron chi connectivity index (χ4n) is 1.04. The molecule has 0 aliphatic rings. The van der Waals surface area contributed by atoms with Crippen molar-refractivity contribution in [2.24, 2.45) is 0 Å². The summed E-state index contributed by atoms with van der Waals surface area (Å²) in [5, 5.41) is 16.9. The SMILES string of the molecule is Cc1nc(Sc2nccc(C#N)c2Cl)n[nH]1. The zero-order chi connectivity index (χ0) is 11.5. The number of aryl methyl sites for hydroxylation is 1. The van der Waals surface area contributed by atoms with Gasteiger partial charge in [0.15, 0.2) is 0 Å². The zero-order valence-electron chi connectivity index (χ0n) is 8.23. The van der Waals surface area contributed by atoms with Crippen LogP contribution >= 0.6 is 23.4 Å². The van der Waals surface area contributed by atoms with Crippen molar-refractivity contribution in [3.8, 4) is 6.07 Å². The van der Waals surface area contributed by atoms with Crippen molar-refractivity contribution in [2.75, 3.05) is 0 Å². The number of H-pyrrole nitrogens is 1. The molecule has 0 aromatic carbocycles. The van der Waals surface area contributed by atoms with Crippen LogP contribution in [0.25, 0.3) is 0 Å². The van der Waals surface area contributed by atoms with E-state index in [0.29, 0.717) is 20.8 Å². The molecule has 2 aromatic rings. The first-order chi connectivity index (χ1) is 7.70. The predicted octanol–water partition coefficient (Wildman–Crippen LogP) is 2.18. The maximum atomic E-state index is 8.80. The molecule has 5 nitrogen and oxygen atoms in total. The van der Waals surface area contributed by atoms with Crippen LogP contribution in [0.5, 0.6) is 0 Å². The number of nitrogens with zero attached hydrogens (tertiary/aromatic N) is 4. The van der Waals surface area contributed by atoms with Crippen LogP contribution < -0.4 is 0 Å². The van der Waals surface area contributed by atoms with Crippen LogP contribution in [0, 0.1) is 18.3 Å². The van der Waals surface area contributed by atoms with Gasteiger partial charge in [0, 0.05) is 6.20 Å². The van der Waals surface area contributed by atoms with E-state index in [1.165, 1.54) is 18.0 Å². The number of rotatable bonds is 2. The summed E-state index contributed by atoms with van der Waals surface area (Å²) in [5.74, 6) is 0.718. The first kappa shape index (κ1) is 10.9. The molecule has 0 amide bonds. The second kappa shape index (κ2) is 4.51. The highest BCUT2D eigenvalue weighted by Gasteiger charge is 2.11.